The molecule has 0 aliphatic rings. The molecule has 0 aliphatic carbocycles. The van der Waals surface area contributed by atoms with Gasteiger partial charge < -0.3 is 19.2 Å². The van der Waals surface area contributed by atoms with E-state index in [-0.39, 0.29) is 31.1 Å². The fraction of sp³-hybridized carbons (Fsp3) is 0.238. The van der Waals surface area contributed by atoms with E-state index in [0.29, 0.717) is 39.6 Å². The molecule has 1 amide bonds. The van der Waals surface area contributed by atoms with Crippen molar-refractivity contribution in [3.63, 3.8) is 0 Å². The molecule has 3 rings (SSSR count). The average Bonchev–Trinajstić information content (AvgIpc) is 3.17. The van der Waals surface area contributed by atoms with E-state index in [9.17, 15) is 9.18 Å². The first-order valence-corrected chi connectivity index (χ1v) is 9.83. The number of carbonyl (C=O) groups excluding carboxylic acids is 1. The van der Waals surface area contributed by atoms with Crippen LogP contribution in [-0.4, -0.2) is 31.2 Å². The van der Waals surface area contributed by atoms with Crippen LogP contribution in [0.3, 0.4) is 0 Å². The normalized spacial score (nSPS) is 10.8. The fourth-order valence-corrected chi connectivity index (χ4v) is 3.12. The zero-order valence-electron chi connectivity index (χ0n) is 16.1. The average molecular weight is 453 g/mol. The van der Waals surface area contributed by atoms with Crippen LogP contribution in [0.5, 0.6) is 5.75 Å². The van der Waals surface area contributed by atoms with Crippen molar-refractivity contribution >= 4 is 34.8 Å². The molecular formula is C21H19Cl2FN2O4. The maximum atomic E-state index is 14.0. The molecule has 0 fully saturated rings. The van der Waals surface area contributed by atoms with Crippen molar-refractivity contribution in [1.29, 1.82) is 0 Å². The Labute approximate surface area is 182 Å². The zero-order valence-corrected chi connectivity index (χ0v) is 17.6. The molecule has 1 aromatic heterocycles. The molecule has 0 bridgehead atoms. The zero-order chi connectivity index (χ0) is 21.5. The Morgan fingerprint density at radius 2 is 2.03 bits per heavy atom. The fourth-order valence-electron chi connectivity index (χ4n) is 2.61. The van der Waals surface area contributed by atoms with Gasteiger partial charge in [0.1, 0.15) is 6.61 Å². The van der Waals surface area contributed by atoms with Gasteiger partial charge in [0.15, 0.2) is 23.2 Å². The molecule has 30 heavy (non-hydrogen) atoms. The number of ether oxygens (including phenoxy) is 2. The van der Waals surface area contributed by atoms with E-state index in [4.69, 9.17) is 37.1 Å². The minimum absolute atomic E-state index is 0.0956. The van der Waals surface area contributed by atoms with Crippen LogP contribution >= 0.6 is 23.2 Å². The molecule has 0 saturated carbocycles. The molecule has 0 spiro atoms. The van der Waals surface area contributed by atoms with Gasteiger partial charge >= 0.3 is 0 Å². The summed E-state index contributed by atoms with van der Waals surface area (Å²) in [6, 6.07) is 9.27. The number of hydrogen-bond donors (Lipinski definition) is 1. The summed E-state index contributed by atoms with van der Waals surface area (Å²) < 4.78 is 29.8. The van der Waals surface area contributed by atoms with Crippen molar-refractivity contribution in [3.05, 3.63) is 64.3 Å². The van der Waals surface area contributed by atoms with Gasteiger partial charge in [-0.25, -0.2) is 9.37 Å². The second-order valence-electron chi connectivity index (χ2n) is 6.28. The molecule has 2 aromatic carbocycles. The summed E-state index contributed by atoms with van der Waals surface area (Å²) in [6.45, 7) is 0.586. The van der Waals surface area contributed by atoms with Crippen LogP contribution in [-0.2, 0) is 16.0 Å². The number of aromatic nitrogens is 1. The monoisotopic (exact) mass is 452 g/mol. The van der Waals surface area contributed by atoms with E-state index >= 15 is 0 Å². The molecule has 0 saturated heterocycles. The highest BCUT2D eigenvalue weighted by Crippen LogP contribution is 2.31. The van der Waals surface area contributed by atoms with Gasteiger partial charge in [0.25, 0.3) is 0 Å². The first kappa shape index (κ1) is 22.1. The van der Waals surface area contributed by atoms with Gasteiger partial charge in [-0.15, -0.1) is 0 Å². The highest BCUT2D eigenvalue weighted by molar-refractivity contribution is 6.36. The molecule has 0 atom stereocenters. The third-order valence-electron chi connectivity index (χ3n) is 4.08. The second kappa shape index (κ2) is 10.4. The van der Waals surface area contributed by atoms with E-state index in [1.807, 2.05) is 0 Å². The Morgan fingerprint density at radius 3 is 2.77 bits per heavy atom. The van der Waals surface area contributed by atoms with Crippen LogP contribution in [0.1, 0.15) is 12.3 Å². The highest BCUT2D eigenvalue weighted by Gasteiger charge is 2.13. The lowest BCUT2D eigenvalue weighted by molar-refractivity contribution is -0.116. The quantitative estimate of drug-likeness (QED) is 0.440. The molecular weight excluding hydrogens is 434 g/mol. The third kappa shape index (κ3) is 5.95. The lowest BCUT2D eigenvalue weighted by Crippen LogP contribution is -2.13. The third-order valence-corrected chi connectivity index (χ3v) is 4.62. The molecule has 0 radical (unpaired) electrons. The first-order chi connectivity index (χ1) is 14.5. The smallest absolute Gasteiger partial charge is 0.224 e. The van der Waals surface area contributed by atoms with Crippen molar-refractivity contribution in [2.45, 2.75) is 12.8 Å². The lowest BCUT2D eigenvalue weighted by Gasteiger charge is -2.09. The van der Waals surface area contributed by atoms with E-state index in [1.165, 1.54) is 19.2 Å². The second-order valence-corrected chi connectivity index (χ2v) is 7.12. The number of amides is 1. The summed E-state index contributed by atoms with van der Waals surface area (Å²) in [7, 11) is 1.53. The van der Waals surface area contributed by atoms with E-state index in [1.54, 1.807) is 30.5 Å². The van der Waals surface area contributed by atoms with Crippen LogP contribution < -0.4 is 10.1 Å². The van der Waals surface area contributed by atoms with E-state index < -0.39 is 5.82 Å². The maximum absolute atomic E-state index is 14.0. The van der Waals surface area contributed by atoms with Crippen LogP contribution in [0, 0.1) is 5.82 Å². The van der Waals surface area contributed by atoms with Crippen molar-refractivity contribution < 1.29 is 23.1 Å². The summed E-state index contributed by atoms with van der Waals surface area (Å²) in [5.74, 6) is 0.100. The SMILES string of the molecule is COCCOc1ccc(NC(=O)CCc2ncc(-c3ccc(Cl)cc3Cl)o2)cc1F. The van der Waals surface area contributed by atoms with Crippen LogP contribution in [0.4, 0.5) is 10.1 Å². The van der Waals surface area contributed by atoms with E-state index in [2.05, 4.69) is 10.3 Å². The summed E-state index contributed by atoms with van der Waals surface area (Å²) in [5.41, 5.74) is 0.991. The number of nitrogens with zero attached hydrogens (tertiary/aromatic N) is 1. The maximum Gasteiger partial charge on any atom is 0.224 e. The number of oxazole rings is 1. The lowest BCUT2D eigenvalue weighted by atomic mass is 10.2. The van der Waals surface area contributed by atoms with Crippen molar-refractivity contribution in [2.24, 2.45) is 0 Å². The van der Waals surface area contributed by atoms with Gasteiger partial charge in [0, 0.05) is 42.3 Å². The number of hydrogen-bond acceptors (Lipinski definition) is 5. The predicted octanol–water partition coefficient (Wildman–Crippen LogP) is 5.38. The predicted molar refractivity (Wildman–Crippen MR) is 113 cm³/mol. The minimum Gasteiger partial charge on any atom is -0.488 e. The molecule has 0 aliphatic heterocycles. The van der Waals surface area contributed by atoms with Crippen molar-refractivity contribution in [3.8, 4) is 17.1 Å². The number of anilines is 1. The number of nitrogens with one attached hydrogen (secondary N) is 1. The first-order valence-electron chi connectivity index (χ1n) is 9.07. The number of carbonyl (C=O) groups is 1. The largest absolute Gasteiger partial charge is 0.488 e. The Balaban J connectivity index is 1.54. The minimum atomic E-state index is -0.568. The van der Waals surface area contributed by atoms with Gasteiger partial charge in [-0.1, -0.05) is 23.2 Å². The number of methoxy groups -OCH3 is 1. The van der Waals surface area contributed by atoms with E-state index in [0.717, 1.165) is 0 Å². The topological polar surface area (TPSA) is 73.6 Å². The Kier molecular flexibility index (Phi) is 7.68. The van der Waals surface area contributed by atoms with Gasteiger partial charge in [-0.05, 0) is 30.3 Å². The van der Waals surface area contributed by atoms with Gasteiger partial charge in [0.05, 0.1) is 17.8 Å². The highest BCUT2D eigenvalue weighted by atomic mass is 35.5. The Hall–Kier alpha value is -2.61. The molecule has 0 unspecified atom stereocenters. The molecule has 1 heterocycles. The summed E-state index contributed by atoms with van der Waals surface area (Å²) in [4.78, 5) is 16.3. The standard InChI is InChI=1S/C21H19Cl2FN2O4/c1-28-8-9-29-18-5-3-14(11-17(18)24)26-20(27)6-7-21-25-12-19(30-21)15-4-2-13(22)10-16(15)23/h2-5,10-12H,6-9H2,1H3,(H,26,27). The van der Waals surface area contributed by atoms with Crippen molar-refractivity contribution in [2.75, 3.05) is 25.6 Å². The van der Waals surface area contributed by atoms with Crippen molar-refractivity contribution in [1.82, 2.24) is 4.98 Å². The summed E-state index contributed by atoms with van der Waals surface area (Å²) >= 11 is 12.1. The van der Waals surface area contributed by atoms with Gasteiger partial charge in [-0.2, -0.15) is 0 Å². The van der Waals surface area contributed by atoms with Crippen LogP contribution in [0.2, 0.25) is 10.0 Å². The molecule has 9 heteroatoms. The number of rotatable bonds is 9. The summed E-state index contributed by atoms with van der Waals surface area (Å²) in [5, 5.41) is 3.60. The molecule has 158 valence electrons. The molecule has 1 N–H and O–H groups in total. The number of aryl methyl sites for hydroxylation is 1. The van der Waals surface area contributed by atoms with Gasteiger partial charge in [-0.3, -0.25) is 4.79 Å². The number of benzene rings is 2. The Morgan fingerprint density at radius 1 is 1.20 bits per heavy atom. The molecule has 6 nitrogen and oxygen atoms in total. The summed E-state index contributed by atoms with van der Waals surface area (Å²) in [6.07, 6.45) is 1.93. The van der Waals surface area contributed by atoms with Crippen LogP contribution in [0.25, 0.3) is 11.3 Å². The number of halogens is 3. The van der Waals surface area contributed by atoms with Crippen LogP contribution in [0.15, 0.2) is 47.0 Å². The van der Waals surface area contributed by atoms with Gasteiger partial charge in [0.2, 0.25) is 5.91 Å². The Bertz CT molecular complexity index is 1030. The molecule has 3 aromatic rings.